The van der Waals surface area contributed by atoms with Crippen LogP contribution < -0.4 is 14.8 Å². The van der Waals surface area contributed by atoms with Crippen LogP contribution in [0.15, 0.2) is 59.3 Å². The number of carbonyl (C=O) groups is 1. The van der Waals surface area contributed by atoms with Gasteiger partial charge in [-0.25, -0.2) is 0 Å². The van der Waals surface area contributed by atoms with Gasteiger partial charge in [-0.15, -0.1) is 0 Å². The number of thiophene rings is 1. The van der Waals surface area contributed by atoms with Crippen molar-refractivity contribution in [2.45, 2.75) is 12.5 Å². The van der Waals surface area contributed by atoms with Crippen molar-refractivity contribution in [1.82, 2.24) is 5.32 Å². The predicted octanol–water partition coefficient (Wildman–Crippen LogP) is 3.82. The summed E-state index contributed by atoms with van der Waals surface area (Å²) in [6.45, 7) is 0.157. The third-order valence-electron chi connectivity index (χ3n) is 4.46. The Hall–Kier alpha value is -2.83. The lowest BCUT2D eigenvalue weighted by molar-refractivity contribution is -0.120. The molecule has 0 saturated carbocycles. The Morgan fingerprint density at radius 1 is 1.04 bits per heavy atom. The van der Waals surface area contributed by atoms with Crippen LogP contribution in [0.5, 0.6) is 11.5 Å². The molecule has 0 saturated heterocycles. The number of aliphatic hydroxyl groups excluding tert-OH is 1. The first-order valence-corrected chi connectivity index (χ1v) is 9.83. The molecule has 0 bridgehead atoms. The van der Waals surface area contributed by atoms with E-state index in [1.807, 2.05) is 35.7 Å². The zero-order chi connectivity index (χ0) is 19.9. The highest BCUT2D eigenvalue weighted by Crippen LogP contribution is 2.28. The quantitative estimate of drug-likeness (QED) is 0.606. The second-order valence-electron chi connectivity index (χ2n) is 6.32. The van der Waals surface area contributed by atoms with E-state index in [-0.39, 0.29) is 18.9 Å². The number of methoxy groups -OCH3 is 2. The van der Waals surface area contributed by atoms with E-state index in [1.165, 1.54) is 0 Å². The number of hydrogen-bond donors (Lipinski definition) is 2. The van der Waals surface area contributed by atoms with Crippen LogP contribution in [0.1, 0.15) is 17.2 Å². The Kier molecular flexibility index (Phi) is 6.68. The zero-order valence-corrected chi connectivity index (χ0v) is 16.7. The van der Waals surface area contributed by atoms with Gasteiger partial charge in [0.2, 0.25) is 5.91 Å². The summed E-state index contributed by atoms with van der Waals surface area (Å²) in [5, 5.41) is 17.3. The lowest BCUT2D eigenvalue weighted by Crippen LogP contribution is -2.29. The van der Waals surface area contributed by atoms with Gasteiger partial charge in [0, 0.05) is 6.54 Å². The van der Waals surface area contributed by atoms with Crippen molar-refractivity contribution < 1.29 is 19.4 Å². The maximum atomic E-state index is 12.2. The summed E-state index contributed by atoms with van der Waals surface area (Å²) >= 11 is 1.65. The number of nitrogens with one attached hydrogen (secondary N) is 1. The largest absolute Gasteiger partial charge is 0.493 e. The number of aliphatic hydroxyl groups is 1. The van der Waals surface area contributed by atoms with E-state index in [0.717, 1.165) is 22.3 Å². The molecule has 1 unspecified atom stereocenters. The summed E-state index contributed by atoms with van der Waals surface area (Å²) in [6, 6.07) is 15.2. The van der Waals surface area contributed by atoms with E-state index in [0.29, 0.717) is 11.5 Å². The average Bonchev–Trinajstić information content (AvgIpc) is 3.27. The minimum absolute atomic E-state index is 0.157. The molecule has 0 radical (unpaired) electrons. The Morgan fingerprint density at radius 2 is 1.79 bits per heavy atom. The first-order chi connectivity index (χ1) is 13.6. The van der Waals surface area contributed by atoms with Crippen LogP contribution in [0.3, 0.4) is 0 Å². The number of rotatable bonds is 8. The molecule has 0 spiro atoms. The van der Waals surface area contributed by atoms with Gasteiger partial charge in [-0.1, -0.05) is 30.3 Å². The summed E-state index contributed by atoms with van der Waals surface area (Å²) in [7, 11) is 3.13. The van der Waals surface area contributed by atoms with Crippen LogP contribution in [0.25, 0.3) is 11.1 Å². The van der Waals surface area contributed by atoms with Gasteiger partial charge in [-0.2, -0.15) is 11.3 Å². The van der Waals surface area contributed by atoms with Gasteiger partial charge >= 0.3 is 0 Å². The first-order valence-electron chi connectivity index (χ1n) is 8.89. The topological polar surface area (TPSA) is 67.8 Å². The fourth-order valence-electron chi connectivity index (χ4n) is 2.89. The molecule has 3 aromatic rings. The summed E-state index contributed by atoms with van der Waals surface area (Å²) in [6.07, 6.45) is -0.560. The molecule has 5 nitrogen and oxygen atoms in total. The highest BCUT2D eigenvalue weighted by Gasteiger charge is 2.12. The van der Waals surface area contributed by atoms with Crippen molar-refractivity contribution in [3.8, 4) is 22.6 Å². The van der Waals surface area contributed by atoms with Crippen molar-refractivity contribution in [2.75, 3.05) is 20.8 Å². The SMILES string of the molecule is COc1ccc(CC(=O)NCC(O)c2ccc(-c3ccsc3)cc2)cc1OC. The van der Waals surface area contributed by atoms with Crippen molar-refractivity contribution >= 4 is 17.2 Å². The van der Waals surface area contributed by atoms with Gasteiger partial charge in [-0.3, -0.25) is 4.79 Å². The van der Waals surface area contributed by atoms with Crippen molar-refractivity contribution in [1.29, 1.82) is 0 Å². The highest BCUT2D eigenvalue weighted by molar-refractivity contribution is 7.08. The van der Waals surface area contributed by atoms with E-state index in [9.17, 15) is 9.90 Å². The number of amides is 1. The maximum Gasteiger partial charge on any atom is 0.224 e. The highest BCUT2D eigenvalue weighted by atomic mass is 32.1. The number of hydrogen-bond acceptors (Lipinski definition) is 5. The molecule has 2 N–H and O–H groups in total. The summed E-state index contributed by atoms with van der Waals surface area (Å²) in [5.41, 5.74) is 3.85. The fraction of sp³-hybridized carbons (Fsp3) is 0.227. The Bertz CT molecular complexity index is 907. The molecule has 0 aliphatic heterocycles. The van der Waals surface area contributed by atoms with E-state index in [2.05, 4.69) is 16.8 Å². The van der Waals surface area contributed by atoms with E-state index < -0.39 is 6.10 Å². The normalized spacial score (nSPS) is 11.7. The van der Waals surface area contributed by atoms with Crippen LogP contribution in [-0.4, -0.2) is 31.8 Å². The lowest BCUT2D eigenvalue weighted by Gasteiger charge is -2.13. The average molecular weight is 397 g/mol. The molecule has 1 heterocycles. The second kappa shape index (κ2) is 9.39. The minimum Gasteiger partial charge on any atom is -0.493 e. The third kappa shape index (κ3) is 4.91. The molecule has 28 heavy (non-hydrogen) atoms. The van der Waals surface area contributed by atoms with Crippen LogP contribution >= 0.6 is 11.3 Å². The molecular weight excluding hydrogens is 374 g/mol. The van der Waals surface area contributed by atoms with Crippen molar-refractivity contribution in [3.05, 3.63) is 70.4 Å². The number of carbonyl (C=O) groups excluding carboxylic acids is 1. The zero-order valence-electron chi connectivity index (χ0n) is 15.8. The van der Waals surface area contributed by atoms with Crippen LogP contribution in [0, 0.1) is 0 Å². The lowest BCUT2D eigenvalue weighted by atomic mass is 10.0. The van der Waals surface area contributed by atoms with Crippen LogP contribution in [-0.2, 0) is 11.2 Å². The Balaban J connectivity index is 1.54. The van der Waals surface area contributed by atoms with Gasteiger partial charge in [0.1, 0.15) is 0 Å². The summed E-state index contributed by atoms with van der Waals surface area (Å²) < 4.78 is 10.5. The smallest absolute Gasteiger partial charge is 0.224 e. The van der Waals surface area contributed by atoms with Gasteiger partial charge in [0.25, 0.3) is 0 Å². The molecule has 0 aliphatic carbocycles. The summed E-state index contributed by atoms with van der Waals surface area (Å²) in [5.74, 6) is 1.03. The molecule has 146 valence electrons. The van der Waals surface area contributed by atoms with E-state index >= 15 is 0 Å². The molecule has 2 aromatic carbocycles. The molecular formula is C22H23NO4S. The summed E-state index contributed by atoms with van der Waals surface area (Å²) in [4.78, 5) is 12.2. The Morgan fingerprint density at radius 3 is 2.43 bits per heavy atom. The van der Waals surface area contributed by atoms with E-state index in [1.54, 1.807) is 37.7 Å². The molecule has 6 heteroatoms. The molecule has 1 aromatic heterocycles. The molecule has 0 aliphatic rings. The molecule has 1 amide bonds. The Labute approximate surface area is 168 Å². The van der Waals surface area contributed by atoms with Crippen LogP contribution in [0.4, 0.5) is 0 Å². The number of ether oxygens (including phenoxy) is 2. The maximum absolute atomic E-state index is 12.2. The van der Waals surface area contributed by atoms with Gasteiger partial charge in [-0.05, 0) is 51.2 Å². The fourth-order valence-corrected chi connectivity index (χ4v) is 3.56. The van der Waals surface area contributed by atoms with Crippen LogP contribution in [0.2, 0.25) is 0 Å². The van der Waals surface area contributed by atoms with Gasteiger partial charge in [0.05, 0.1) is 26.7 Å². The standard InChI is InChI=1S/C22H23NO4S/c1-26-20-8-3-15(11-21(20)27-2)12-22(25)23-13-19(24)17-6-4-16(5-7-17)18-9-10-28-14-18/h3-11,14,19,24H,12-13H2,1-2H3,(H,23,25). The monoisotopic (exact) mass is 397 g/mol. The third-order valence-corrected chi connectivity index (χ3v) is 5.14. The van der Waals surface area contributed by atoms with Crippen molar-refractivity contribution in [3.63, 3.8) is 0 Å². The first kappa shape index (κ1) is 19.9. The molecule has 0 fully saturated rings. The van der Waals surface area contributed by atoms with Crippen molar-refractivity contribution in [2.24, 2.45) is 0 Å². The number of benzene rings is 2. The van der Waals surface area contributed by atoms with Gasteiger partial charge in [0.15, 0.2) is 11.5 Å². The van der Waals surface area contributed by atoms with Gasteiger partial charge < -0.3 is 19.9 Å². The van der Waals surface area contributed by atoms with E-state index in [4.69, 9.17) is 9.47 Å². The molecule has 3 rings (SSSR count). The molecule has 1 atom stereocenters. The predicted molar refractivity (Wildman–Crippen MR) is 111 cm³/mol. The second-order valence-corrected chi connectivity index (χ2v) is 7.10. The minimum atomic E-state index is -0.758.